The first kappa shape index (κ1) is 27.7. The fraction of sp³-hybridized carbons (Fsp3) is 0.136. The van der Waals surface area contributed by atoms with Crippen LogP contribution in [0.15, 0.2) is 91.0 Å². The van der Waals surface area contributed by atoms with Gasteiger partial charge in [-0.3, -0.25) is 0 Å². The van der Waals surface area contributed by atoms with Crippen LogP contribution in [0.4, 0.5) is 0 Å². The van der Waals surface area contributed by atoms with Crippen molar-refractivity contribution in [2.75, 3.05) is 6.61 Å². The van der Waals surface area contributed by atoms with Gasteiger partial charge in [0, 0.05) is 0 Å². The highest BCUT2D eigenvalue weighted by atomic mass is 31.3. The molecule has 11 nitrogen and oxygen atoms in total. The Hall–Kier alpha value is -2.90. The third-order valence-corrected chi connectivity index (χ3v) is 13.5. The van der Waals surface area contributed by atoms with Gasteiger partial charge in [-0.2, -0.15) is 0 Å². The fourth-order valence-corrected chi connectivity index (χ4v) is 10.2. The SMILES string of the molecule is CCOC(=O)C(P(=O)(O)Oc1ccccc1)(P(=O)(O)Oc1ccccc1)P(=O)(O)Oc1ccccc1. The lowest BCUT2D eigenvalue weighted by Crippen LogP contribution is -2.43. The lowest BCUT2D eigenvalue weighted by molar-refractivity contribution is -0.142. The van der Waals surface area contributed by atoms with Crippen molar-refractivity contribution in [2.24, 2.45) is 0 Å². The van der Waals surface area contributed by atoms with Crippen LogP contribution in [0.2, 0.25) is 0 Å². The van der Waals surface area contributed by atoms with Crippen LogP contribution in [-0.2, 0) is 23.2 Å². The van der Waals surface area contributed by atoms with Crippen LogP contribution >= 0.6 is 22.8 Å². The van der Waals surface area contributed by atoms with E-state index in [1.807, 2.05) is 0 Å². The molecular weight excluding hydrogens is 533 g/mol. The molecule has 3 aromatic carbocycles. The number of carbonyl (C=O) groups excluding carboxylic acids is 1. The van der Waals surface area contributed by atoms with Crippen LogP contribution < -0.4 is 13.6 Å². The smallest absolute Gasteiger partial charge is 0.421 e. The quantitative estimate of drug-likeness (QED) is 0.215. The summed E-state index contributed by atoms with van der Waals surface area (Å²) < 4.78 is 57.3. The summed E-state index contributed by atoms with van der Waals surface area (Å²) >= 11 is 0. The Morgan fingerprint density at radius 2 is 0.917 bits per heavy atom. The zero-order valence-corrected chi connectivity index (χ0v) is 21.5. The summed E-state index contributed by atoms with van der Waals surface area (Å²) in [7, 11) is -18.0. The molecule has 3 rings (SSSR count). The lowest BCUT2D eigenvalue weighted by atomic mass is 10.3. The van der Waals surface area contributed by atoms with Crippen molar-refractivity contribution in [1.82, 2.24) is 0 Å². The second kappa shape index (κ2) is 11.0. The predicted octanol–water partition coefficient (Wildman–Crippen LogP) is 5.00. The van der Waals surface area contributed by atoms with Gasteiger partial charge in [0.25, 0.3) is 0 Å². The first-order chi connectivity index (χ1) is 17.0. The van der Waals surface area contributed by atoms with Crippen molar-refractivity contribution in [3.63, 3.8) is 0 Å². The Labute approximate surface area is 206 Å². The molecule has 3 unspecified atom stereocenters. The molecule has 0 fully saturated rings. The van der Waals surface area contributed by atoms with Gasteiger partial charge in [0.15, 0.2) is 0 Å². The van der Waals surface area contributed by atoms with E-state index in [-0.39, 0.29) is 17.2 Å². The average molecular weight is 556 g/mol. The van der Waals surface area contributed by atoms with Gasteiger partial charge in [-0.1, -0.05) is 54.6 Å². The molecule has 3 atom stereocenters. The van der Waals surface area contributed by atoms with Crippen LogP contribution in [0.3, 0.4) is 0 Å². The van der Waals surface area contributed by atoms with E-state index in [4.69, 9.17) is 18.3 Å². The second-order valence-corrected chi connectivity index (χ2v) is 13.9. The van der Waals surface area contributed by atoms with Crippen LogP contribution in [0, 0.1) is 0 Å². The average Bonchev–Trinajstić information content (AvgIpc) is 2.80. The molecule has 3 N–H and O–H groups in total. The van der Waals surface area contributed by atoms with E-state index in [1.165, 1.54) is 79.7 Å². The second-order valence-electron chi connectivity index (χ2n) is 7.13. The normalized spacial score (nSPS) is 17.8. The van der Waals surface area contributed by atoms with Gasteiger partial charge in [-0.15, -0.1) is 0 Å². The molecule has 0 bridgehead atoms. The fourth-order valence-electron chi connectivity index (χ4n) is 3.12. The summed E-state index contributed by atoms with van der Waals surface area (Å²) in [4.78, 5) is 46.6. The zero-order chi connectivity index (χ0) is 26.5. The molecule has 0 radical (unpaired) electrons. The standard InChI is InChI=1S/C22H23O11P3/c1-2-30-21(23)22(34(24,25)31-18-12-6-3-7-13-18,35(26,27)32-19-14-8-4-9-15-19)36(28,29)33-20-16-10-5-11-17-20/h3-17H,2H2,1H3,(H,24,25)(H,26,27)(H,28,29). The summed E-state index contributed by atoms with van der Waals surface area (Å²) in [6, 6.07) is 20.2. The summed E-state index contributed by atoms with van der Waals surface area (Å²) in [5.74, 6) is -3.06. The first-order valence-electron chi connectivity index (χ1n) is 10.4. The highest BCUT2D eigenvalue weighted by Crippen LogP contribution is 2.86. The maximum atomic E-state index is 13.8. The molecule has 0 aromatic heterocycles. The number of esters is 1. The van der Waals surface area contributed by atoms with Gasteiger partial charge in [0.05, 0.1) is 6.61 Å². The largest absolute Gasteiger partial charge is 0.464 e. The Morgan fingerprint density at radius 1 is 0.639 bits per heavy atom. The lowest BCUT2D eigenvalue weighted by Gasteiger charge is -2.37. The van der Waals surface area contributed by atoms with E-state index in [2.05, 4.69) is 0 Å². The van der Waals surface area contributed by atoms with Crippen molar-refractivity contribution in [3.05, 3.63) is 91.0 Å². The van der Waals surface area contributed by atoms with E-state index in [1.54, 1.807) is 18.2 Å². The maximum absolute atomic E-state index is 13.8. The van der Waals surface area contributed by atoms with E-state index in [0.717, 1.165) is 0 Å². The molecule has 0 saturated carbocycles. The zero-order valence-electron chi connectivity index (χ0n) is 18.8. The number of para-hydroxylation sites is 3. The molecule has 36 heavy (non-hydrogen) atoms. The molecular formula is C22H23O11P3. The van der Waals surface area contributed by atoms with Gasteiger partial charge in [0.2, 0.25) is 0 Å². The molecule has 0 heterocycles. The molecule has 0 aliphatic carbocycles. The van der Waals surface area contributed by atoms with Crippen molar-refractivity contribution in [1.29, 1.82) is 0 Å². The number of benzene rings is 3. The van der Waals surface area contributed by atoms with E-state index < -0.39 is 40.0 Å². The van der Waals surface area contributed by atoms with Crippen LogP contribution in [0.1, 0.15) is 6.92 Å². The molecule has 0 spiro atoms. The molecule has 3 aromatic rings. The summed E-state index contributed by atoms with van der Waals surface area (Å²) in [6.07, 6.45) is 0. The van der Waals surface area contributed by atoms with Gasteiger partial charge < -0.3 is 33.0 Å². The molecule has 0 aliphatic heterocycles. The molecule has 0 aliphatic rings. The van der Waals surface area contributed by atoms with Crippen LogP contribution in [-0.4, -0.2) is 31.9 Å². The Morgan fingerprint density at radius 3 is 1.17 bits per heavy atom. The molecule has 0 saturated heterocycles. The summed E-state index contributed by atoms with van der Waals surface area (Å²) in [5, 5.41) is 0. The number of hydrogen-bond acceptors (Lipinski definition) is 8. The monoisotopic (exact) mass is 556 g/mol. The van der Waals surface area contributed by atoms with Gasteiger partial charge in [-0.05, 0) is 43.3 Å². The highest BCUT2D eigenvalue weighted by Gasteiger charge is 2.84. The number of rotatable bonds is 11. The van der Waals surface area contributed by atoms with Crippen LogP contribution in [0.5, 0.6) is 17.2 Å². The van der Waals surface area contributed by atoms with Crippen molar-refractivity contribution in [2.45, 2.75) is 11.6 Å². The highest BCUT2D eigenvalue weighted by molar-refractivity contribution is 7.91. The van der Waals surface area contributed by atoms with Crippen molar-refractivity contribution < 1.29 is 51.5 Å². The third-order valence-electron chi connectivity index (χ3n) is 4.65. The third kappa shape index (κ3) is 5.42. The van der Waals surface area contributed by atoms with Gasteiger partial charge in [-0.25, -0.2) is 18.5 Å². The number of carbonyl (C=O) groups is 1. The maximum Gasteiger partial charge on any atom is 0.421 e. The molecule has 14 heteroatoms. The Bertz CT molecular complexity index is 1170. The van der Waals surface area contributed by atoms with Gasteiger partial charge in [0.1, 0.15) is 17.2 Å². The van der Waals surface area contributed by atoms with E-state index in [0.29, 0.717) is 0 Å². The summed E-state index contributed by atoms with van der Waals surface area (Å²) in [6.45, 7) is 0.784. The van der Waals surface area contributed by atoms with E-state index in [9.17, 15) is 33.2 Å². The van der Waals surface area contributed by atoms with Crippen LogP contribution in [0.25, 0.3) is 0 Å². The first-order valence-corrected chi connectivity index (χ1v) is 15.1. The van der Waals surface area contributed by atoms with Gasteiger partial charge >= 0.3 is 33.4 Å². The Balaban J connectivity index is 2.30. The summed E-state index contributed by atoms with van der Waals surface area (Å²) in [5.41, 5.74) is 0. The predicted molar refractivity (Wildman–Crippen MR) is 130 cm³/mol. The van der Waals surface area contributed by atoms with Crippen molar-refractivity contribution in [3.8, 4) is 17.2 Å². The molecule has 192 valence electrons. The number of hydrogen-bond donors (Lipinski definition) is 3. The molecule has 0 amide bonds. The van der Waals surface area contributed by atoms with Crippen molar-refractivity contribution >= 4 is 28.8 Å². The minimum atomic E-state index is -6.01. The number of ether oxygens (including phenoxy) is 1. The minimum Gasteiger partial charge on any atom is -0.464 e. The Kier molecular flexibility index (Phi) is 8.47. The topological polar surface area (TPSA) is 166 Å². The van der Waals surface area contributed by atoms with E-state index >= 15 is 0 Å². The minimum absolute atomic E-state index is 0.351.